The number of para-hydroxylation sites is 4. The molecular weight excluding hydrogens is 937 g/mol. The van der Waals surface area contributed by atoms with Crippen molar-refractivity contribution < 1.29 is 22.6 Å². The van der Waals surface area contributed by atoms with Gasteiger partial charge in [0.2, 0.25) is 0 Å². The van der Waals surface area contributed by atoms with Gasteiger partial charge in [-0.2, -0.15) is 0 Å². The van der Waals surface area contributed by atoms with Crippen molar-refractivity contribution in [2.45, 2.75) is 71.6 Å². The van der Waals surface area contributed by atoms with Gasteiger partial charge < -0.3 is 14.5 Å². The summed E-state index contributed by atoms with van der Waals surface area (Å²) in [7, 11) is 0. The number of fused-ring (bicyclic) bond motifs is 5. The minimum absolute atomic E-state index is 0.0126. The number of benzene rings is 9. The molecule has 0 fully saturated rings. The number of nitrogens with zero attached hydrogens (tertiary/aromatic N) is 4. The highest BCUT2D eigenvalue weighted by Crippen LogP contribution is 2.53. The number of pyridine rings is 1. The molecule has 1 aliphatic carbocycles. The summed E-state index contributed by atoms with van der Waals surface area (Å²) < 4.78 is 132. The summed E-state index contributed by atoms with van der Waals surface area (Å²) in [5.74, 6) is 1.34. The zero-order valence-electron chi connectivity index (χ0n) is 56.9. The molecule has 0 saturated carbocycles. The molecule has 0 N–H and O–H groups in total. The quantitative estimate of drug-likeness (QED) is 0.129. The van der Waals surface area contributed by atoms with Crippen LogP contribution in [0, 0.1) is 5.92 Å². The van der Waals surface area contributed by atoms with E-state index in [1.165, 1.54) is 0 Å². The van der Waals surface area contributed by atoms with Crippen molar-refractivity contribution in [3.63, 3.8) is 0 Å². The fourth-order valence-corrected chi connectivity index (χ4v) is 11.2. The Hall–Kier alpha value is -8.67. The molecule has 0 amide bonds. The summed E-state index contributed by atoms with van der Waals surface area (Å²) in [6.45, 7) is 12.1. The van der Waals surface area contributed by atoms with Gasteiger partial charge in [0.05, 0.1) is 43.2 Å². The fraction of sp³-hybridized carbons (Fsp3) is 0.181. The van der Waals surface area contributed by atoms with Crippen molar-refractivity contribution >= 4 is 44.6 Å². The molecule has 1 aliphatic heterocycles. The van der Waals surface area contributed by atoms with Gasteiger partial charge in [-0.15, -0.1) is 0 Å². The molecular formula is C72H64N4O. The Morgan fingerprint density at radius 1 is 0.545 bits per heavy atom. The smallest absolute Gasteiger partial charge is 0.137 e. The molecule has 2 aromatic heterocycles. The largest absolute Gasteiger partial charge is 0.457 e. The van der Waals surface area contributed by atoms with Crippen LogP contribution in [-0.4, -0.2) is 16.2 Å². The average Bonchev–Trinajstić information content (AvgIpc) is 0.849. The SMILES string of the molecule is [2H]c1c([2H])c([2H])c(-c2c([2H])c(-c3ccccc3)c([2H])c(-c3cccc(-c4c([2H])c([2H])c5c(c4[2H])C(C)(C)CCC5(C)C)c3N3CN(c4cccc(Oc5ccc6c7ccccc7n(-c7cc(C([2H])([2H])C(C)C)ccn7)c6c5)c4)c4ccccc43)c2[2H])c([2H])c1[2H]. The van der Waals surface area contributed by atoms with E-state index in [4.69, 9.17) is 16.6 Å². The van der Waals surface area contributed by atoms with E-state index in [2.05, 4.69) is 38.7 Å². The van der Waals surface area contributed by atoms with Gasteiger partial charge in [-0.05, 0) is 159 Å². The Balaban J connectivity index is 1.01. The number of ether oxygens (including phenoxy) is 1. The average molecular weight is 1010 g/mol. The fourth-order valence-electron chi connectivity index (χ4n) is 11.2. The van der Waals surface area contributed by atoms with Crippen LogP contribution >= 0.6 is 0 Å². The van der Waals surface area contributed by atoms with E-state index in [1.807, 2.05) is 120 Å². The van der Waals surface area contributed by atoms with E-state index in [0.717, 1.165) is 46.0 Å². The van der Waals surface area contributed by atoms with Gasteiger partial charge in [0, 0.05) is 48.7 Å². The van der Waals surface area contributed by atoms with Crippen molar-refractivity contribution in [2.24, 2.45) is 5.92 Å². The van der Waals surface area contributed by atoms with Crippen LogP contribution in [0.2, 0.25) is 0 Å². The predicted octanol–water partition coefficient (Wildman–Crippen LogP) is 19.4. The number of rotatable bonds is 11. The Morgan fingerprint density at radius 3 is 2.00 bits per heavy atom. The molecule has 0 atom stereocenters. The van der Waals surface area contributed by atoms with Gasteiger partial charge in [-0.3, -0.25) is 4.57 Å². The van der Waals surface area contributed by atoms with Gasteiger partial charge in [-0.1, -0.05) is 175 Å². The highest BCUT2D eigenvalue weighted by atomic mass is 16.5. The van der Waals surface area contributed by atoms with Crippen molar-refractivity contribution in [3.05, 3.63) is 241 Å². The normalized spacial score (nSPS) is 17.1. The van der Waals surface area contributed by atoms with E-state index in [-0.39, 0.29) is 76.2 Å². The first-order valence-corrected chi connectivity index (χ1v) is 26.3. The maximum Gasteiger partial charge on any atom is 0.137 e. The van der Waals surface area contributed by atoms with Gasteiger partial charge in [0.25, 0.3) is 0 Å². The molecule has 0 spiro atoms. The van der Waals surface area contributed by atoms with Crippen LogP contribution in [0.5, 0.6) is 11.5 Å². The summed E-state index contributed by atoms with van der Waals surface area (Å²) in [6.07, 6.45) is 1.54. The summed E-state index contributed by atoms with van der Waals surface area (Å²) in [6, 6.07) is 42.8. The molecule has 5 heteroatoms. The lowest BCUT2D eigenvalue weighted by Crippen LogP contribution is -2.33. The maximum absolute atomic E-state index is 10.3. The van der Waals surface area contributed by atoms with E-state index in [1.54, 1.807) is 54.7 Å². The van der Waals surface area contributed by atoms with Gasteiger partial charge >= 0.3 is 0 Å². The molecule has 378 valence electrons. The number of hydrogen-bond donors (Lipinski definition) is 0. The molecule has 11 aromatic rings. The third-order valence-electron chi connectivity index (χ3n) is 15.1. The second-order valence-corrected chi connectivity index (χ2v) is 21.7. The predicted molar refractivity (Wildman–Crippen MR) is 323 cm³/mol. The Bertz CT molecular complexity index is 4760. The van der Waals surface area contributed by atoms with E-state index in [0.29, 0.717) is 56.5 Å². The van der Waals surface area contributed by atoms with E-state index in [9.17, 15) is 11.0 Å². The molecule has 13 rings (SSSR count). The van der Waals surface area contributed by atoms with E-state index >= 15 is 0 Å². The minimum Gasteiger partial charge on any atom is -0.457 e. The summed E-state index contributed by atoms with van der Waals surface area (Å²) in [5, 5.41) is 1.96. The molecule has 5 nitrogen and oxygen atoms in total. The first-order chi connectivity index (χ1) is 42.8. The Labute approximate surface area is 472 Å². The summed E-state index contributed by atoms with van der Waals surface area (Å²) in [4.78, 5) is 8.89. The second-order valence-electron chi connectivity index (χ2n) is 21.7. The first kappa shape index (κ1) is 35.6. The standard InChI is InChI=1S/C72H64N4O/c1-48(2)39-49-35-38-73-69(40-49)76-65-28-14-13-25-61(65)62-33-32-58(46-68(62)76)77-57-24-17-23-56(45-57)74-47-75(67-30-16-15-29-66(67)74)70-59(52-31-34-63-64(44-52)72(5,6)37-36-71(63,3)4)26-18-27-60(70)55-42-53(50-19-9-7-10-20-50)41-54(43-55)51-21-11-8-12-22-51/h7-35,38,40-46,48H,36-37,39,47H2,1-6H3/i7D,9D,10D,19D,20D,31D,34D,39D2,41D,42D,43D,44D. The van der Waals surface area contributed by atoms with Crippen LogP contribution in [0.4, 0.5) is 22.7 Å². The third-order valence-corrected chi connectivity index (χ3v) is 15.1. The molecule has 3 heterocycles. The molecule has 0 radical (unpaired) electrons. The molecule has 9 aromatic carbocycles. The van der Waals surface area contributed by atoms with Crippen LogP contribution < -0.4 is 14.5 Å². The molecule has 77 heavy (non-hydrogen) atoms. The first-order valence-electron chi connectivity index (χ1n) is 32.8. The Morgan fingerprint density at radius 2 is 1.21 bits per heavy atom. The van der Waals surface area contributed by atoms with Crippen LogP contribution in [0.25, 0.3) is 72.1 Å². The van der Waals surface area contributed by atoms with Crippen LogP contribution in [0.15, 0.2) is 224 Å². The maximum atomic E-state index is 10.3. The number of aromatic nitrogens is 2. The number of anilines is 4. The molecule has 2 aliphatic rings. The molecule has 0 bridgehead atoms. The lowest BCUT2D eigenvalue weighted by Gasteiger charge is -2.42. The highest BCUT2D eigenvalue weighted by molar-refractivity contribution is 6.09. The number of hydrogen-bond acceptors (Lipinski definition) is 4. The minimum atomic E-state index is -1.60. The zero-order chi connectivity index (χ0) is 63.8. The Kier molecular flexibility index (Phi) is 8.85. The van der Waals surface area contributed by atoms with E-state index < -0.39 is 53.5 Å². The summed E-state index contributed by atoms with van der Waals surface area (Å²) in [5.41, 5.74) is 5.74. The van der Waals surface area contributed by atoms with Crippen molar-refractivity contribution in [3.8, 4) is 61.8 Å². The van der Waals surface area contributed by atoms with Crippen molar-refractivity contribution in [2.75, 3.05) is 16.5 Å². The second kappa shape index (κ2) is 19.2. The third kappa shape index (κ3) is 8.84. The van der Waals surface area contributed by atoms with Gasteiger partial charge in [0.1, 0.15) is 24.0 Å². The topological polar surface area (TPSA) is 33.5 Å². The monoisotopic (exact) mass is 1010 g/mol. The van der Waals surface area contributed by atoms with Crippen molar-refractivity contribution in [1.82, 2.24) is 9.55 Å². The molecule has 0 saturated heterocycles. The lowest BCUT2D eigenvalue weighted by atomic mass is 9.63. The molecule has 0 unspecified atom stereocenters. The highest BCUT2D eigenvalue weighted by Gasteiger charge is 2.38. The lowest BCUT2D eigenvalue weighted by molar-refractivity contribution is 0.332. The van der Waals surface area contributed by atoms with Gasteiger partial charge in [0.15, 0.2) is 0 Å². The zero-order valence-corrected chi connectivity index (χ0v) is 43.9. The van der Waals surface area contributed by atoms with Crippen molar-refractivity contribution in [1.29, 1.82) is 0 Å². The van der Waals surface area contributed by atoms with Crippen LogP contribution in [0.3, 0.4) is 0 Å². The van der Waals surface area contributed by atoms with Crippen LogP contribution in [0.1, 0.15) is 88.9 Å². The van der Waals surface area contributed by atoms with Crippen LogP contribution in [-0.2, 0) is 17.2 Å². The van der Waals surface area contributed by atoms with Gasteiger partial charge in [-0.25, -0.2) is 4.98 Å². The summed E-state index contributed by atoms with van der Waals surface area (Å²) >= 11 is 0.